The molecule has 0 fully saturated rings. The van der Waals surface area contributed by atoms with E-state index in [1.54, 1.807) is 96.1 Å². The van der Waals surface area contributed by atoms with E-state index in [9.17, 15) is 38.7 Å². The summed E-state index contributed by atoms with van der Waals surface area (Å²) in [7, 11) is 0. The van der Waals surface area contributed by atoms with Crippen molar-refractivity contribution in [3.05, 3.63) is 179 Å². The lowest BCUT2D eigenvalue weighted by atomic mass is 9.77. The predicted octanol–water partition coefficient (Wildman–Crippen LogP) is 6.99. The molecule has 0 aliphatic carbocycles. The summed E-state index contributed by atoms with van der Waals surface area (Å²) in [5.41, 5.74) is 6.34. The van der Waals surface area contributed by atoms with Crippen molar-refractivity contribution in [2.24, 2.45) is 0 Å². The molecule has 0 spiro atoms. The van der Waals surface area contributed by atoms with Gasteiger partial charge in [-0.15, -0.1) is 0 Å². The van der Waals surface area contributed by atoms with Crippen molar-refractivity contribution in [3.8, 4) is 0 Å². The number of alkyl carbamates (subject to hydrolysis) is 2. The van der Waals surface area contributed by atoms with Gasteiger partial charge in [-0.2, -0.15) is 0 Å². The number of hydrazine groups is 1. The van der Waals surface area contributed by atoms with E-state index < -0.39 is 82.7 Å². The van der Waals surface area contributed by atoms with Gasteiger partial charge in [0.15, 0.2) is 0 Å². The van der Waals surface area contributed by atoms with Gasteiger partial charge in [0, 0.05) is 19.4 Å². The highest BCUT2D eigenvalue weighted by Gasteiger charge is 2.39. The number of hydrogen-bond donors (Lipinski definition) is 8. The third kappa shape index (κ3) is 19.1. The molecule has 0 unspecified atom stereocenters. The number of amides is 6. The van der Waals surface area contributed by atoms with E-state index in [1.165, 1.54) is 0 Å². The minimum atomic E-state index is -1.48. The number of carboxylic acids is 1. The number of unbranched alkanes of at least 4 members (excludes halogenated alkanes) is 1. The van der Waals surface area contributed by atoms with Crippen LogP contribution < -0.4 is 37.4 Å². The molecule has 17 nitrogen and oxygen atoms in total. The van der Waals surface area contributed by atoms with Gasteiger partial charge in [0.05, 0.1) is 0 Å². The second kappa shape index (κ2) is 27.8. The van der Waals surface area contributed by atoms with E-state index >= 15 is 0 Å². The second-order valence-corrected chi connectivity index (χ2v) is 20.1. The van der Waals surface area contributed by atoms with E-state index in [4.69, 9.17) is 9.47 Å². The van der Waals surface area contributed by atoms with Gasteiger partial charge in [-0.05, 0) is 101 Å². The maximum atomic E-state index is 14.6. The lowest BCUT2D eigenvalue weighted by Crippen LogP contribution is -2.60. The van der Waals surface area contributed by atoms with E-state index in [0.717, 1.165) is 22.3 Å². The van der Waals surface area contributed by atoms with Crippen molar-refractivity contribution in [2.75, 3.05) is 6.54 Å². The van der Waals surface area contributed by atoms with Gasteiger partial charge in [-0.25, -0.2) is 19.8 Å². The fourth-order valence-corrected chi connectivity index (χ4v) is 8.19. The number of hydrogen-bond acceptors (Lipinski definition) is 10. The zero-order chi connectivity index (χ0) is 54.4. The molecule has 0 radical (unpaired) electrons. The van der Waals surface area contributed by atoms with E-state index in [1.807, 2.05) is 97.1 Å². The monoisotopic (exact) mass is 1030 g/mol. The Hall–Kier alpha value is -8.05. The van der Waals surface area contributed by atoms with Crippen LogP contribution in [0.25, 0.3) is 0 Å². The molecule has 5 aromatic rings. The average Bonchev–Trinajstić information content (AvgIpc) is 3.37. The Morgan fingerprint density at radius 1 is 0.480 bits per heavy atom. The molecule has 8 N–H and O–H groups in total. The maximum Gasteiger partial charge on any atom is 0.408 e. The highest BCUT2D eigenvalue weighted by atomic mass is 16.6. The number of carbonyl (C=O) groups excluding carboxylic acids is 6. The van der Waals surface area contributed by atoms with Crippen molar-refractivity contribution in [3.63, 3.8) is 0 Å². The molecule has 0 heterocycles. The minimum Gasteiger partial charge on any atom is -0.480 e. The zero-order valence-corrected chi connectivity index (χ0v) is 43.5. The number of carboxylic acid groups (broad SMARTS) is 1. The van der Waals surface area contributed by atoms with Gasteiger partial charge in [0.1, 0.15) is 40.9 Å². The van der Waals surface area contributed by atoms with E-state index in [0.29, 0.717) is 12.0 Å². The number of benzene rings is 5. The summed E-state index contributed by atoms with van der Waals surface area (Å²) in [5, 5.41) is 24.2. The van der Waals surface area contributed by atoms with Crippen molar-refractivity contribution < 1.29 is 48.1 Å². The Labute approximate surface area is 439 Å². The topological polar surface area (TPSA) is 242 Å². The molecule has 5 rings (SSSR count). The van der Waals surface area contributed by atoms with E-state index in [2.05, 4.69) is 37.4 Å². The molecular weight excluding hydrogens is 955 g/mol. The summed E-state index contributed by atoms with van der Waals surface area (Å²) in [6, 6.07) is 40.9. The Kier molecular flexibility index (Phi) is 21.5. The molecule has 17 heteroatoms. The number of ether oxygens (including phenoxy) is 2. The van der Waals surface area contributed by atoms with Crippen LogP contribution in [0.5, 0.6) is 0 Å². The number of nitrogens with one attached hydrogen (secondary N) is 7. The van der Waals surface area contributed by atoms with Crippen LogP contribution in [0.4, 0.5) is 9.59 Å². The molecule has 0 saturated carbocycles. The Balaban J connectivity index is 1.42. The first-order valence-corrected chi connectivity index (χ1v) is 25.1. The molecule has 0 bridgehead atoms. The van der Waals surface area contributed by atoms with Crippen LogP contribution in [0.1, 0.15) is 101 Å². The first-order valence-electron chi connectivity index (χ1n) is 25.1. The van der Waals surface area contributed by atoms with Crippen molar-refractivity contribution in [1.29, 1.82) is 0 Å². The zero-order valence-electron chi connectivity index (χ0n) is 43.5. The largest absolute Gasteiger partial charge is 0.480 e. The van der Waals surface area contributed by atoms with Gasteiger partial charge < -0.3 is 41.2 Å². The SMILES string of the molecule is CC(C)(C)OC(=O)NCCCC[C@@H](NC(=O)[C@@H](CCC(=O)NC(c1ccccc1)(c1ccccc1)c1ccccc1)NC(=O)[C@@H](Cc1ccccc1)NNC(=O)[C@@H](Cc1ccccc1)NC(=O)OC(C)(C)C)C(=O)O. The highest BCUT2D eigenvalue weighted by Crippen LogP contribution is 2.37. The molecule has 0 aliphatic heterocycles. The number of carbonyl (C=O) groups is 7. The summed E-state index contributed by atoms with van der Waals surface area (Å²) in [5.74, 6) is -4.17. The molecular formula is C58H71N7O10. The quantitative estimate of drug-likeness (QED) is 0.0168. The van der Waals surface area contributed by atoms with Crippen LogP contribution in [0.3, 0.4) is 0 Å². The minimum absolute atomic E-state index is 0.00649. The summed E-state index contributed by atoms with van der Waals surface area (Å²) in [6.07, 6.45) is -1.37. The molecule has 0 aliphatic rings. The summed E-state index contributed by atoms with van der Waals surface area (Å²) in [4.78, 5) is 95.5. The Morgan fingerprint density at radius 2 is 0.907 bits per heavy atom. The van der Waals surface area contributed by atoms with Crippen molar-refractivity contribution >= 4 is 41.8 Å². The van der Waals surface area contributed by atoms with Crippen LogP contribution in [0.2, 0.25) is 0 Å². The van der Waals surface area contributed by atoms with Crippen molar-refractivity contribution in [1.82, 2.24) is 37.4 Å². The second-order valence-electron chi connectivity index (χ2n) is 20.1. The fourth-order valence-electron chi connectivity index (χ4n) is 8.19. The predicted molar refractivity (Wildman–Crippen MR) is 285 cm³/mol. The van der Waals surface area contributed by atoms with Gasteiger partial charge in [-0.1, -0.05) is 152 Å². The summed E-state index contributed by atoms with van der Waals surface area (Å²) < 4.78 is 10.7. The van der Waals surface area contributed by atoms with Crippen LogP contribution in [-0.4, -0.2) is 88.8 Å². The lowest BCUT2D eigenvalue weighted by molar-refractivity contribution is -0.142. The molecule has 6 amide bonds. The highest BCUT2D eigenvalue weighted by molar-refractivity contribution is 5.93. The summed E-state index contributed by atoms with van der Waals surface area (Å²) in [6.45, 7) is 10.5. The first kappa shape index (κ1) is 57.8. The lowest BCUT2D eigenvalue weighted by Gasteiger charge is -2.37. The van der Waals surface area contributed by atoms with E-state index in [-0.39, 0.29) is 45.1 Å². The molecule has 4 atom stereocenters. The fraction of sp³-hybridized carbons (Fsp3) is 0.362. The number of rotatable bonds is 25. The Morgan fingerprint density at radius 3 is 1.37 bits per heavy atom. The third-order valence-corrected chi connectivity index (χ3v) is 11.7. The summed E-state index contributed by atoms with van der Waals surface area (Å²) >= 11 is 0. The van der Waals surface area contributed by atoms with Gasteiger partial charge in [-0.3, -0.25) is 24.6 Å². The van der Waals surface area contributed by atoms with Gasteiger partial charge >= 0.3 is 18.2 Å². The third-order valence-electron chi connectivity index (χ3n) is 11.7. The molecule has 0 aromatic heterocycles. The van der Waals surface area contributed by atoms with Gasteiger partial charge in [0.25, 0.3) is 5.91 Å². The smallest absolute Gasteiger partial charge is 0.408 e. The molecule has 75 heavy (non-hydrogen) atoms. The van der Waals surface area contributed by atoms with Crippen LogP contribution in [0.15, 0.2) is 152 Å². The normalized spacial score (nSPS) is 13.1. The van der Waals surface area contributed by atoms with Crippen LogP contribution in [-0.2, 0) is 51.8 Å². The molecule has 5 aromatic carbocycles. The average molecular weight is 1030 g/mol. The standard InChI is InChI=1S/C58H71N7O10/c1-56(2,3)74-54(72)59-37-23-22-34-46(53(70)71)61-50(67)45(35-36-49(66)63-58(42-28-16-9-17-29-42,43-30-18-10-19-31-43)44-32-20-11-21-33-44)60-51(68)48(39-41-26-14-8-15-27-41)64-65-52(69)47(38-40-24-12-7-13-25-40)62-55(73)75-57(4,5)6/h7-21,24-33,45-48,64H,22-23,34-39H2,1-6H3,(H,59,72)(H,60,68)(H,61,67)(H,62,73)(H,63,66)(H,65,69)(H,70,71)/t45-,46-,47-,48-/m1/s1. The number of aliphatic carboxylic acids is 1. The van der Waals surface area contributed by atoms with Crippen LogP contribution >= 0.6 is 0 Å². The van der Waals surface area contributed by atoms with Crippen molar-refractivity contribution in [2.45, 2.75) is 127 Å². The maximum absolute atomic E-state index is 14.6. The van der Waals surface area contributed by atoms with Crippen LogP contribution in [0, 0.1) is 0 Å². The molecule has 0 saturated heterocycles. The first-order chi connectivity index (χ1) is 35.7. The molecule has 398 valence electrons. The Bertz CT molecular complexity index is 2530. The van der Waals surface area contributed by atoms with Gasteiger partial charge in [0.2, 0.25) is 17.7 Å².